The maximum absolute atomic E-state index is 14.0. The highest BCUT2D eigenvalue weighted by atomic mass is 35.5. The number of aryl methyl sites for hydroxylation is 1. The summed E-state index contributed by atoms with van der Waals surface area (Å²) in [4.78, 5) is 15.9. The Morgan fingerprint density at radius 1 is 0.872 bits per heavy atom. The number of nitrogens with zero attached hydrogens (tertiary/aromatic N) is 1. The second-order valence-electron chi connectivity index (χ2n) is 10.8. The summed E-state index contributed by atoms with van der Waals surface area (Å²) in [6, 6.07) is 24.4. The minimum atomic E-state index is -3.64. The number of hydrogen-bond donors (Lipinski definition) is 0. The lowest BCUT2D eigenvalue weighted by Crippen LogP contribution is -2.50. The fourth-order valence-corrected chi connectivity index (χ4v) is 8.13. The summed E-state index contributed by atoms with van der Waals surface area (Å²) in [5, 5.41) is 0.0981. The van der Waals surface area contributed by atoms with Gasteiger partial charge in [-0.15, -0.1) is 0 Å². The molecule has 47 heavy (non-hydrogen) atoms. The second kappa shape index (κ2) is 15.8. The van der Waals surface area contributed by atoms with Gasteiger partial charge in [0.15, 0.2) is 11.5 Å². The number of amides is 1. The third-order valence-corrected chi connectivity index (χ3v) is 11.6. The van der Waals surface area contributed by atoms with Gasteiger partial charge in [0.05, 0.1) is 49.0 Å². The number of carbonyl (C=O) groups is 1. The zero-order valence-electron chi connectivity index (χ0n) is 26.3. The molecule has 1 heterocycles. The average molecular weight is 698 g/mol. The van der Waals surface area contributed by atoms with E-state index in [9.17, 15) is 13.2 Å². The Bertz CT molecular complexity index is 1770. The molecule has 0 unspecified atom stereocenters. The van der Waals surface area contributed by atoms with E-state index in [0.29, 0.717) is 18.1 Å². The zero-order chi connectivity index (χ0) is 33.4. The van der Waals surface area contributed by atoms with E-state index in [-0.39, 0.29) is 59.3 Å². The van der Waals surface area contributed by atoms with Gasteiger partial charge in [0.2, 0.25) is 8.87 Å². The smallest absolute Gasteiger partial charge is 0.255 e. The van der Waals surface area contributed by atoms with E-state index >= 15 is 0 Å². The van der Waals surface area contributed by atoms with Gasteiger partial charge in [0, 0.05) is 12.3 Å². The summed E-state index contributed by atoms with van der Waals surface area (Å²) in [5.41, 5.74) is 2.94. The predicted octanol–water partition coefficient (Wildman–Crippen LogP) is 6.79. The lowest BCUT2D eigenvalue weighted by atomic mass is 10.1. The van der Waals surface area contributed by atoms with Crippen molar-refractivity contribution < 1.29 is 36.9 Å². The van der Waals surface area contributed by atoms with Gasteiger partial charge < -0.3 is 28.6 Å². The van der Waals surface area contributed by atoms with Crippen molar-refractivity contribution in [2.75, 3.05) is 39.7 Å². The van der Waals surface area contributed by atoms with Crippen LogP contribution in [0, 0.1) is 6.92 Å². The standard InChI is InChI=1S/C35H36ClNO8S2/c1-24-4-14-30(15-5-24)47(39,40)46-23-27-22-43-19-18-37(27)35(38)31-16-17-32(44-20-25-6-10-28(41-2)11-7-25)34(33(31)36)45-21-26-8-12-29(42-3)13-9-26/h4-17,27H,18-23H2,1-3H3/t27-/m0/s1. The van der Waals surface area contributed by atoms with Crippen LogP contribution >= 0.6 is 22.4 Å². The van der Waals surface area contributed by atoms with E-state index in [1.807, 2.05) is 55.5 Å². The Morgan fingerprint density at radius 2 is 1.47 bits per heavy atom. The van der Waals surface area contributed by atoms with Gasteiger partial charge in [-0.3, -0.25) is 4.79 Å². The summed E-state index contributed by atoms with van der Waals surface area (Å²) in [6.45, 7) is 3.08. The molecule has 0 N–H and O–H groups in total. The van der Waals surface area contributed by atoms with Crippen molar-refractivity contribution in [3.05, 3.63) is 112 Å². The lowest BCUT2D eigenvalue weighted by Gasteiger charge is -2.35. The van der Waals surface area contributed by atoms with Crippen molar-refractivity contribution in [2.45, 2.75) is 31.1 Å². The van der Waals surface area contributed by atoms with Gasteiger partial charge >= 0.3 is 0 Å². The number of rotatable bonds is 13. The Balaban J connectivity index is 1.37. The van der Waals surface area contributed by atoms with Crippen LogP contribution in [0.4, 0.5) is 0 Å². The molecule has 1 atom stereocenters. The third-order valence-electron chi connectivity index (χ3n) is 7.60. The predicted molar refractivity (Wildman–Crippen MR) is 183 cm³/mol. The zero-order valence-corrected chi connectivity index (χ0v) is 28.7. The molecule has 248 valence electrons. The van der Waals surface area contributed by atoms with Gasteiger partial charge in [-0.2, -0.15) is 0 Å². The van der Waals surface area contributed by atoms with Gasteiger partial charge in [-0.25, -0.2) is 8.42 Å². The number of hydrogen-bond acceptors (Lipinski definition) is 9. The number of halogens is 1. The van der Waals surface area contributed by atoms with E-state index < -0.39 is 14.9 Å². The van der Waals surface area contributed by atoms with E-state index in [2.05, 4.69) is 0 Å². The molecule has 0 aromatic heterocycles. The number of ether oxygens (including phenoxy) is 5. The van der Waals surface area contributed by atoms with Crippen molar-refractivity contribution in [3.63, 3.8) is 0 Å². The monoisotopic (exact) mass is 697 g/mol. The summed E-state index contributed by atoms with van der Waals surface area (Å²) >= 11 is 6.93. The molecule has 0 bridgehead atoms. The van der Waals surface area contributed by atoms with Crippen molar-refractivity contribution >= 4 is 37.2 Å². The molecule has 0 spiro atoms. The molecule has 1 amide bonds. The van der Waals surface area contributed by atoms with Crippen LogP contribution in [0.25, 0.3) is 0 Å². The second-order valence-corrected chi connectivity index (χ2v) is 15.2. The van der Waals surface area contributed by atoms with E-state index in [1.165, 1.54) is 0 Å². The molecule has 1 saturated heterocycles. The average Bonchev–Trinajstić information content (AvgIpc) is 3.10. The third kappa shape index (κ3) is 8.72. The molecule has 1 aliphatic heterocycles. The normalized spacial score (nSPS) is 14.8. The number of morpholine rings is 1. The SMILES string of the molecule is COc1ccc(COc2ccc(C(=O)N3CCOC[C@H]3CSS(=O)(=O)c3ccc(C)cc3)c(Cl)c2OCc2ccc(OC)cc2)cc1. The topological polar surface area (TPSA) is 101 Å². The largest absolute Gasteiger partial charge is 0.497 e. The summed E-state index contributed by atoms with van der Waals surface area (Å²) in [5.74, 6) is 1.82. The summed E-state index contributed by atoms with van der Waals surface area (Å²) in [6.07, 6.45) is 0. The maximum atomic E-state index is 14.0. The molecule has 9 nitrogen and oxygen atoms in total. The van der Waals surface area contributed by atoms with Crippen LogP contribution in [-0.4, -0.2) is 65.0 Å². The molecule has 12 heteroatoms. The highest BCUT2D eigenvalue weighted by Gasteiger charge is 2.32. The maximum Gasteiger partial charge on any atom is 0.255 e. The Labute approximate surface area is 284 Å². The number of carbonyl (C=O) groups excluding carboxylic acids is 1. The Kier molecular flexibility index (Phi) is 11.6. The minimum absolute atomic E-state index is 0.0981. The van der Waals surface area contributed by atoms with Gasteiger partial charge in [-0.1, -0.05) is 53.6 Å². The number of methoxy groups -OCH3 is 2. The first-order chi connectivity index (χ1) is 22.7. The Morgan fingerprint density at radius 3 is 2.06 bits per heavy atom. The molecule has 5 rings (SSSR count). The van der Waals surface area contributed by atoms with Crippen molar-refractivity contribution in [2.24, 2.45) is 0 Å². The van der Waals surface area contributed by atoms with E-state index in [0.717, 1.165) is 33.2 Å². The van der Waals surface area contributed by atoms with Crippen molar-refractivity contribution in [3.8, 4) is 23.0 Å². The molecule has 1 fully saturated rings. The number of benzene rings is 4. The fourth-order valence-electron chi connectivity index (χ4n) is 4.87. The molecule has 4 aromatic rings. The molecular weight excluding hydrogens is 662 g/mol. The van der Waals surface area contributed by atoms with Crippen LogP contribution in [0.15, 0.2) is 89.8 Å². The van der Waals surface area contributed by atoms with Crippen LogP contribution in [-0.2, 0) is 26.8 Å². The molecule has 1 aliphatic rings. The van der Waals surface area contributed by atoms with Crippen LogP contribution < -0.4 is 18.9 Å². The van der Waals surface area contributed by atoms with E-state index in [4.69, 9.17) is 35.3 Å². The van der Waals surface area contributed by atoms with Crippen LogP contribution in [0.2, 0.25) is 5.02 Å². The highest BCUT2D eigenvalue weighted by molar-refractivity contribution is 8.72. The first-order valence-corrected chi connectivity index (χ1v) is 18.2. The van der Waals surface area contributed by atoms with Crippen molar-refractivity contribution in [1.29, 1.82) is 0 Å². The highest BCUT2D eigenvalue weighted by Crippen LogP contribution is 2.40. The minimum Gasteiger partial charge on any atom is -0.497 e. The Hall–Kier alpha value is -3.90. The lowest BCUT2D eigenvalue weighted by molar-refractivity contribution is 0.00497. The summed E-state index contributed by atoms with van der Waals surface area (Å²) < 4.78 is 54.6. The molecule has 4 aromatic carbocycles. The van der Waals surface area contributed by atoms with Crippen LogP contribution in [0.5, 0.6) is 23.0 Å². The van der Waals surface area contributed by atoms with Gasteiger partial charge in [0.25, 0.3) is 5.91 Å². The molecular formula is C35H36ClNO8S2. The van der Waals surface area contributed by atoms with Crippen molar-refractivity contribution in [1.82, 2.24) is 4.90 Å². The quantitative estimate of drug-likeness (QED) is 0.140. The van der Waals surface area contributed by atoms with Gasteiger partial charge in [0.1, 0.15) is 24.7 Å². The fraction of sp³-hybridized carbons (Fsp3) is 0.286. The summed E-state index contributed by atoms with van der Waals surface area (Å²) in [7, 11) is 0.356. The first-order valence-electron chi connectivity index (χ1n) is 14.9. The molecule has 0 radical (unpaired) electrons. The van der Waals surface area contributed by atoms with Crippen LogP contribution in [0.1, 0.15) is 27.0 Å². The van der Waals surface area contributed by atoms with Crippen LogP contribution in [0.3, 0.4) is 0 Å². The molecule has 0 saturated carbocycles. The van der Waals surface area contributed by atoms with Gasteiger partial charge in [-0.05, 0) is 77.4 Å². The van der Waals surface area contributed by atoms with E-state index in [1.54, 1.807) is 55.5 Å². The molecule has 0 aliphatic carbocycles. The first kappa shape index (κ1) is 34.4.